The molecule has 0 saturated carbocycles. The van der Waals surface area contributed by atoms with Crippen LogP contribution < -0.4 is 0 Å². The lowest BCUT2D eigenvalue weighted by Crippen LogP contribution is -2.16. The number of nitrogens with zero attached hydrogens (tertiary/aromatic N) is 1. The summed E-state index contributed by atoms with van der Waals surface area (Å²) in [5.74, 6) is 0. The van der Waals surface area contributed by atoms with Crippen LogP contribution in [0, 0.1) is 12.3 Å². The maximum Gasteiger partial charge on any atom is 0.129 e. The second-order valence-electron chi connectivity index (χ2n) is 4.41. The molecule has 0 unspecified atom stereocenters. The largest absolute Gasteiger partial charge is 0.241 e. The average molecular weight is 277 g/mol. The molecule has 0 saturated heterocycles. The Morgan fingerprint density at radius 2 is 2.07 bits per heavy atom. The van der Waals surface area contributed by atoms with Gasteiger partial charge < -0.3 is 0 Å². The molecule has 1 aromatic heterocycles. The maximum atomic E-state index is 5.90. The molecule has 0 spiro atoms. The van der Waals surface area contributed by atoms with E-state index < -0.39 is 0 Å². The van der Waals surface area contributed by atoms with Crippen LogP contribution in [0.2, 0.25) is 5.15 Å². The molecule has 0 aliphatic carbocycles. The fraction of sp³-hybridized carbons (Fsp3) is 0.545. The molecule has 0 N–H and O–H groups in total. The SMILES string of the molecule is Cc1cc(CC(C)(C)CBr)cc(Cl)n1. The van der Waals surface area contributed by atoms with Gasteiger partial charge in [-0.2, -0.15) is 0 Å². The predicted molar refractivity (Wildman–Crippen MR) is 65.3 cm³/mol. The van der Waals surface area contributed by atoms with E-state index in [1.807, 2.05) is 13.0 Å². The molecule has 78 valence electrons. The molecule has 1 aromatic rings. The van der Waals surface area contributed by atoms with Gasteiger partial charge in [-0.05, 0) is 36.5 Å². The zero-order valence-corrected chi connectivity index (χ0v) is 11.1. The quantitative estimate of drug-likeness (QED) is 0.600. The number of hydrogen-bond acceptors (Lipinski definition) is 1. The Balaban J connectivity index is 2.87. The van der Waals surface area contributed by atoms with Gasteiger partial charge in [-0.25, -0.2) is 4.98 Å². The van der Waals surface area contributed by atoms with E-state index in [-0.39, 0.29) is 5.41 Å². The number of halogens is 2. The van der Waals surface area contributed by atoms with Crippen LogP contribution in [0.4, 0.5) is 0 Å². The van der Waals surface area contributed by atoms with Gasteiger partial charge >= 0.3 is 0 Å². The normalized spacial score (nSPS) is 11.8. The second-order valence-corrected chi connectivity index (χ2v) is 5.36. The van der Waals surface area contributed by atoms with Crippen LogP contribution in [-0.4, -0.2) is 10.3 Å². The molecular weight excluding hydrogens is 261 g/mol. The van der Waals surface area contributed by atoms with Crippen LogP contribution >= 0.6 is 27.5 Å². The van der Waals surface area contributed by atoms with Crippen molar-refractivity contribution in [1.29, 1.82) is 0 Å². The summed E-state index contributed by atoms with van der Waals surface area (Å²) >= 11 is 9.42. The average Bonchev–Trinajstić information content (AvgIpc) is 2.01. The summed E-state index contributed by atoms with van der Waals surface area (Å²) in [5.41, 5.74) is 2.50. The van der Waals surface area contributed by atoms with Crippen molar-refractivity contribution in [3.05, 3.63) is 28.5 Å². The summed E-state index contributed by atoms with van der Waals surface area (Å²) in [4.78, 5) is 4.14. The molecule has 14 heavy (non-hydrogen) atoms. The van der Waals surface area contributed by atoms with Crippen LogP contribution in [-0.2, 0) is 6.42 Å². The van der Waals surface area contributed by atoms with E-state index in [0.717, 1.165) is 17.4 Å². The van der Waals surface area contributed by atoms with E-state index in [1.54, 1.807) is 0 Å². The van der Waals surface area contributed by atoms with Crippen LogP contribution in [0.25, 0.3) is 0 Å². The molecule has 1 rings (SSSR count). The topological polar surface area (TPSA) is 12.9 Å². The van der Waals surface area contributed by atoms with Crippen molar-refractivity contribution in [1.82, 2.24) is 4.98 Å². The lowest BCUT2D eigenvalue weighted by molar-refractivity contribution is 0.424. The Bertz CT molecular complexity index is 303. The summed E-state index contributed by atoms with van der Waals surface area (Å²) in [6, 6.07) is 4.04. The molecule has 0 atom stereocenters. The molecule has 0 amide bonds. The number of aryl methyl sites for hydroxylation is 1. The van der Waals surface area contributed by atoms with Crippen molar-refractivity contribution in [2.24, 2.45) is 5.41 Å². The molecule has 0 aliphatic rings. The van der Waals surface area contributed by atoms with Gasteiger partial charge in [0, 0.05) is 11.0 Å². The molecule has 0 fully saturated rings. The van der Waals surface area contributed by atoms with Crippen LogP contribution in [0.5, 0.6) is 0 Å². The minimum absolute atomic E-state index is 0.261. The zero-order valence-electron chi connectivity index (χ0n) is 8.77. The summed E-state index contributed by atoms with van der Waals surface area (Å²) in [6.07, 6.45) is 1.02. The number of aromatic nitrogens is 1. The van der Waals surface area contributed by atoms with Crippen molar-refractivity contribution < 1.29 is 0 Å². The van der Waals surface area contributed by atoms with Gasteiger partial charge in [0.1, 0.15) is 5.15 Å². The fourth-order valence-electron chi connectivity index (χ4n) is 1.40. The van der Waals surface area contributed by atoms with Crippen molar-refractivity contribution in [3.8, 4) is 0 Å². The van der Waals surface area contributed by atoms with Crippen LogP contribution in [0.1, 0.15) is 25.1 Å². The first kappa shape index (κ1) is 12.0. The molecule has 0 bridgehead atoms. The van der Waals surface area contributed by atoms with E-state index in [2.05, 4.69) is 40.8 Å². The molecule has 0 aromatic carbocycles. The minimum Gasteiger partial charge on any atom is -0.241 e. The van der Waals surface area contributed by atoms with E-state index in [9.17, 15) is 0 Å². The van der Waals surface area contributed by atoms with E-state index >= 15 is 0 Å². The third-order valence-electron chi connectivity index (χ3n) is 2.03. The first-order chi connectivity index (χ1) is 6.43. The van der Waals surface area contributed by atoms with Gasteiger partial charge in [-0.1, -0.05) is 41.4 Å². The molecular formula is C11H15BrClN. The third-order valence-corrected chi connectivity index (χ3v) is 3.74. The maximum absolute atomic E-state index is 5.90. The highest BCUT2D eigenvalue weighted by Gasteiger charge is 2.17. The summed E-state index contributed by atoms with van der Waals surface area (Å²) < 4.78 is 0. The van der Waals surface area contributed by atoms with Gasteiger partial charge in [-0.15, -0.1) is 0 Å². The summed E-state index contributed by atoms with van der Waals surface area (Å²) in [6.45, 7) is 6.42. The third kappa shape index (κ3) is 3.58. The Kier molecular flexibility index (Phi) is 3.96. The summed E-state index contributed by atoms with van der Waals surface area (Å²) in [7, 11) is 0. The smallest absolute Gasteiger partial charge is 0.129 e. The van der Waals surface area contributed by atoms with E-state index in [4.69, 9.17) is 11.6 Å². The van der Waals surface area contributed by atoms with Crippen LogP contribution in [0.3, 0.4) is 0 Å². The van der Waals surface area contributed by atoms with Crippen molar-refractivity contribution >= 4 is 27.5 Å². The lowest BCUT2D eigenvalue weighted by atomic mass is 9.88. The number of hydrogen-bond donors (Lipinski definition) is 0. The molecule has 0 aliphatic heterocycles. The Hall–Kier alpha value is -0.0800. The Morgan fingerprint density at radius 1 is 1.43 bits per heavy atom. The number of rotatable bonds is 3. The Labute approximate surface area is 99.0 Å². The molecule has 3 heteroatoms. The van der Waals surface area contributed by atoms with Crippen molar-refractivity contribution in [2.75, 3.05) is 5.33 Å². The number of pyridine rings is 1. The van der Waals surface area contributed by atoms with Gasteiger partial charge in [0.05, 0.1) is 0 Å². The van der Waals surface area contributed by atoms with Crippen molar-refractivity contribution in [3.63, 3.8) is 0 Å². The monoisotopic (exact) mass is 275 g/mol. The van der Waals surface area contributed by atoms with Gasteiger partial charge in [0.15, 0.2) is 0 Å². The van der Waals surface area contributed by atoms with Gasteiger partial charge in [-0.3, -0.25) is 0 Å². The molecule has 0 radical (unpaired) electrons. The first-order valence-electron chi connectivity index (χ1n) is 4.62. The predicted octanol–water partition coefficient (Wildman–Crippen LogP) is 4.01. The Morgan fingerprint density at radius 3 is 2.57 bits per heavy atom. The van der Waals surface area contributed by atoms with Gasteiger partial charge in [0.25, 0.3) is 0 Å². The zero-order chi connectivity index (χ0) is 10.8. The second kappa shape index (κ2) is 4.63. The summed E-state index contributed by atoms with van der Waals surface area (Å²) in [5, 5.41) is 1.57. The van der Waals surface area contributed by atoms with E-state index in [1.165, 1.54) is 5.56 Å². The highest BCUT2D eigenvalue weighted by Crippen LogP contribution is 2.25. The minimum atomic E-state index is 0.261. The fourth-order valence-corrected chi connectivity index (χ4v) is 1.87. The number of alkyl halides is 1. The molecule has 1 nitrogen and oxygen atoms in total. The van der Waals surface area contributed by atoms with Gasteiger partial charge in [0.2, 0.25) is 0 Å². The standard InChI is InChI=1S/C11H15BrClN/c1-8-4-9(5-10(13)14-8)6-11(2,3)7-12/h4-5H,6-7H2,1-3H3. The highest BCUT2D eigenvalue weighted by molar-refractivity contribution is 9.09. The van der Waals surface area contributed by atoms with E-state index in [0.29, 0.717) is 5.15 Å². The first-order valence-corrected chi connectivity index (χ1v) is 6.12. The lowest BCUT2D eigenvalue weighted by Gasteiger charge is -2.21. The highest BCUT2D eigenvalue weighted by atomic mass is 79.9. The van der Waals surface area contributed by atoms with Crippen molar-refractivity contribution in [2.45, 2.75) is 27.2 Å². The molecule has 1 heterocycles. The van der Waals surface area contributed by atoms with Crippen LogP contribution in [0.15, 0.2) is 12.1 Å².